The van der Waals surface area contributed by atoms with Gasteiger partial charge in [0.2, 0.25) is 5.65 Å². The van der Waals surface area contributed by atoms with E-state index in [1.165, 1.54) is 19.2 Å². The molecule has 0 aliphatic rings. The smallest absolute Gasteiger partial charge is 0.266 e. The van der Waals surface area contributed by atoms with Crippen LogP contribution in [0.5, 0.6) is 17.4 Å². The van der Waals surface area contributed by atoms with E-state index in [9.17, 15) is 8.42 Å². The first-order valence-electron chi connectivity index (χ1n) is 10.1. The Morgan fingerprint density at radius 3 is 2.53 bits per heavy atom. The van der Waals surface area contributed by atoms with E-state index in [1.54, 1.807) is 30.3 Å². The molecule has 2 heterocycles. The standard InChI is InChI=1S/C23H18ClN5O4S/c1-14-26-27-22-23(25-18-5-3-4-6-19(18)29(14)22)33-17-10-8-16(9-11-17)28-34(30,31)21-13-15(24)7-12-20(21)32-2/h3-13,28H,1-2H3. The molecule has 11 heteroatoms. The van der Waals surface area contributed by atoms with Gasteiger partial charge in [0.15, 0.2) is 0 Å². The monoisotopic (exact) mass is 495 g/mol. The van der Waals surface area contributed by atoms with E-state index in [-0.39, 0.29) is 21.5 Å². The van der Waals surface area contributed by atoms with E-state index < -0.39 is 10.0 Å². The first-order valence-corrected chi connectivity index (χ1v) is 12.0. The number of anilines is 1. The number of fused-ring (bicyclic) bond motifs is 3. The molecule has 5 rings (SSSR count). The van der Waals surface area contributed by atoms with E-state index >= 15 is 0 Å². The van der Waals surface area contributed by atoms with Gasteiger partial charge in [0, 0.05) is 10.7 Å². The Bertz CT molecular complexity index is 1640. The zero-order valence-electron chi connectivity index (χ0n) is 18.1. The van der Waals surface area contributed by atoms with Gasteiger partial charge in [-0.3, -0.25) is 9.12 Å². The second kappa shape index (κ2) is 8.47. The zero-order valence-corrected chi connectivity index (χ0v) is 19.6. The van der Waals surface area contributed by atoms with E-state index in [2.05, 4.69) is 19.9 Å². The van der Waals surface area contributed by atoms with Crippen molar-refractivity contribution >= 4 is 44.0 Å². The number of methoxy groups -OCH3 is 1. The lowest BCUT2D eigenvalue weighted by Crippen LogP contribution is -2.14. The number of hydrogen-bond donors (Lipinski definition) is 1. The van der Waals surface area contributed by atoms with Gasteiger partial charge in [-0.15, -0.1) is 10.2 Å². The number of hydrogen-bond acceptors (Lipinski definition) is 7. The number of benzene rings is 3. The van der Waals surface area contributed by atoms with Crippen LogP contribution in [0.15, 0.2) is 71.6 Å². The first-order chi connectivity index (χ1) is 16.4. The number of aromatic nitrogens is 4. The molecule has 3 aromatic carbocycles. The Labute approximate surface area is 200 Å². The van der Waals surface area contributed by atoms with E-state index in [0.717, 1.165) is 11.0 Å². The van der Waals surface area contributed by atoms with Crippen molar-refractivity contribution in [2.24, 2.45) is 0 Å². The SMILES string of the molecule is COc1ccc(Cl)cc1S(=O)(=O)Nc1ccc(Oc2nc3ccccc3n3c(C)nnc23)cc1. The maximum absolute atomic E-state index is 12.9. The third kappa shape index (κ3) is 3.97. The fourth-order valence-electron chi connectivity index (χ4n) is 3.54. The summed E-state index contributed by atoms with van der Waals surface area (Å²) in [5.74, 6) is 1.64. The number of nitrogens with one attached hydrogen (secondary N) is 1. The minimum Gasteiger partial charge on any atom is -0.495 e. The van der Waals surface area contributed by atoms with Gasteiger partial charge in [-0.1, -0.05) is 23.7 Å². The number of halogens is 1. The molecule has 0 amide bonds. The maximum Gasteiger partial charge on any atom is 0.266 e. The Kier molecular flexibility index (Phi) is 5.46. The van der Waals surface area contributed by atoms with Crippen LogP contribution in [0, 0.1) is 6.92 Å². The van der Waals surface area contributed by atoms with Crippen LogP contribution >= 0.6 is 11.6 Å². The number of sulfonamides is 1. The van der Waals surface area contributed by atoms with Crippen molar-refractivity contribution in [3.05, 3.63) is 77.6 Å². The van der Waals surface area contributed by atoms with Crippen molar-refractivity contribution in [2.75, 3.05) is 11.8 Å². The summed E-state index contributed by atoms with van der Waals surface area (Å²) >= 11 is 5.98. The highest BCUT2D eigenvalue weighted by molar-refractivity contribution is 7.92. The molecule has 34 heavy (non-hydrogen) atoms. The highest BCUT2D eigenvalue weighted by atomic mass is 35.5. The second-order valence-corrected chi connectivity index (χ2v) is 9.43. The van der Waals surface area contributed by atoms with Gasteiger partial charge in [-0.05, 0) is 61.5 Å². The number of rotatable bonds is 6. The average Bonchev–Trinajstić information content (AvgIpc) is 3.22. The highest BCUT2D eigenvalue weighted by Crippen LogP contribution is 2.31. The normalized spacial score (nSPS) is 11.6. The van der Waals surface area contributed by atoms with Gasteiger partial charge in [0.1, 0.15) is 22.2 Å². The molecule has 5 aromatic rings. The van der Waals surface area contributed by atoms with Crippen molar-refractivity contribution in [1.29, 1.82) is 0 Å². The molecular weight excluding hydrogens is 478 g/mol. The van der Waals surface area contributed by atoms with E-state index in [1.807, 2.05) is 35.6 Å². The van der Waals surface area contributed by atoms with Crippen LogP contribution in [0.3, 0.4) is 0 Å². The summed E-state index contributed by atoms with van der Waals surface area (Å²) in [7, 11) is -2.54. The maximum atomic E-state index is 12.9. The van der Waals surface area contributed by atoms with Gasteiger partial charge in [0.05, 0.1) is 18.1 Å². The first kappa shape index (κ1) is 21.9. The topological polar surface area (TPSA) is 108 Å². The molecule has 0 spiro atoms. The molecule has 1 N–H and O–H groups in total. The fraction of sp³-hybridized carbons (Fsp3) is 0.0870. The molecule has 0 bridgehead atoms. The van der Waals surface area contributed by atoms with Crippen LogP contribution in [-0.4, -0.2) is 35.1 Å². The van der Waals surface area contributed by atoms with Crippen LogP contribution < -0.4 is 14.2 Å². The van der Waals surface area contributed by atoms with Gasteiger partial charge in [-0.2, -0.15) is 0 Å². The summed E-state index contributed by atoms with van der Waals surface area (Å²) in [6.07, 6.45) is 0. The van der Waals surface area contributed by atoms with Crippen molar-refractivity contribution in [1.82, 2.24) is 19.6 Å². The van der Waals surface area contributed by atoms with Crippen molar-refractivity contribution in [3.8, 4) is 17.4 Å². The fourth-order valence-corrected chi connectivity index (χ4v) is 5.03. The third-order valence-corrected chi connectivity index (χ3v) is 6.73. The van der Waals surface area contributed by atoms with Crippen LogP contribution in [0.25, 0.3) is 16.7 Å². The molecule has 0 saturated heterocycles. The number of aryl methyl sites for hydroxylation is 1. The van der Waals surface area contributed by atoms with Crippen molar-refractivity contribution < 1.29 is 17.9 Å². The molecule has 9 nitrogen and oxygen atoms in total. The van der Waals surface area contributed by atoms with Crippen molar-refractivity contribution in [3.63, 3.8) is 0 Å². The second-order valence-electron chi connectivity index (χ2n) is 7.34. The van der Waals surface area contributed by atoms with Gasteiger partial charge in [-0.25, -0.2) is 13.4 Å². The molecular formula is C23H18ClN5O4S. The Morgan fingerprint density at radius 1 is 1.00 bits per heavy atom. The Balaban J connectivity index is 1.43. The predicted octanol–water partition coefficient (Wildman–Crippen LogP) is 4.84. The minimum absolute atomic E-state index is 0.0623. The Hall–Kier alpha value is -3.89. The summed E-state index contributed by atoms with van der Waals surface area (Å²) in [5, 5.41) is 8.63. The lowest BCUT2D eigenvalue weighted by Gasteiger charge is -2.13. The molecule has 0 atom stereocenters. The van der Waals surface area contributed by atoms with Gasteiger partial charge in [0.25, 0.3) is 15.9 Å². The summed E-state index contributed by atoms with van der Waals surface area (Å²) in [5.41, 5.74) is 2.42. The third-order valence-electron chi connectivity index (χ3n) is 5.10. The molecule has 0 aliphatic heterocycles. The molecule has 172 valence electrons. The lowest BCUT2D eigenvalue weighted by molar-refractivity contribution is 0.403. The molecule has 0 radical (unpaired) electrons. The summed E-state index contributed by atoms with van der Waals surface area (Å²) in [6, 6.07) is 18.4. The average molecular weight is 496 g/mol. The molecule has 0 unspecified atom stereocenters. The molecule has 2 aromatic heterocycles. The van der Waals surface area contributed by atoms with Gasteiger partial charge >= 0.3 is 0 Å². The van der Waals surface area contributed by atoms with E-state index in [4.69, 9.17) is 21.1 Å². The summed E-state index contributed by atoms with van der Waals surface area (Å²) in [6.45, 7) is 1.85. The van der Waals surface area contributed by atoms with Crippen LogP contribution in [0.4, 0.5) is 5.69 Å². The summed E-state index contributed by atoms with van der Waals surface area (Å²) < 4.78 is 41.3. The quantitative estimate of drug-likeness (QED) is 0.359. The summed E-state index contributed by atoms with van der Waals surface area (Å²) in [4.78, 5) is 4.52. The predicted molar refractivity (Wildman–Crippen MR) is 128 cm³/mol. The van der Waals surface area contributed by atoms with Crippen LogP contribution in [-0.2, 0) is 10.0 Å². The highest BCUT2D eigenvalue weighted by Gasteiger charge is 2.20. The van der Waals surface area contributed by atoms with Crippen LogP contribution in [0.2, 0.25) is 5.02 Å². The van der Waals surface area contributed by atoms with E-state index in [0.29, 0.717) is 22.9 Å². The number of nitrogens with zero attached hydrogens (tertiary/aromatic N) is 4. The lowest BCUT2D eigenvalue weighted by atomic mass is 10.3. The van der Waals surface area contributed by atoms with Crippen molar-refractivity contribution in [2.45, 2.75) is 11.8 Å². The largest absolute Gasteiger partial charge is 0.495 e. The molecule has 0 aliphatic carbocycles. The number of para-hydroxylation sites is 2. The van der Waals surface area contributed by atoms with Crippen LogP contribution in [0.1, 0.15) is 5.82 Å². The molecule has 0 fully saturated rings. The zero-order chi connectivity index (χ0) is 23.9. The Morgan fingerprint density at radius 2 is 1.76 bits per heavy atom. The molecule has 0 saturated carbocycles. The van der Waals surface area contributed by atoms with Gasteiger partial charge < -0.3 is 9.47 Å². The minimum atomic E-state index is -3.93. The number of ether oxygens (including phenoxy) is 2.